The summed E-state index contributed by atoms with van der Waals surface area (Å²) >= 11 is 5.86. The van der Waals surface area contributed by atoms with Gasteiger partial charge in [-0.05, 0) is 18.6 Å². The zero-order chi connectivity index (χ0) is 11.3. The highest BCUT2D eigenvalue weighted by Gasteiger charge is 2.04. The van der Waals surface area contributed by atoms with E-state index in [9.17, 15) is 4.79 Å². The van der Waals surface area contributed by atoms with Gasteiger partial charge in [0.15, 0.2) is 0 Å². The first-order valence-corrected chi connectivity index (χ1v) is 5.18. The molecule has 0 spiro atoms. The Labute approximate surface area is 94.4 Å². The van der Waals surface area contributed by atoms with E-state index in [-0.39, 0.29) is 5.91 Å². The van der Waals surface area contributed by atoms with Crippen LogP contribution in [0.3, 0.4) is 0 Å². The number of benzene rings is 1. The van der Waals surface area contributed by atoms with Crippen LogP contribution in [0.15, 0.2) is 18.2 Å². The Morgan fingerprint density at radius 2 is 2.27 bits per heavy atom. The summed E-state index contributed by atoms with van der Waals surface area (Å²) in [6, 6.07) is 5.15. The molecule has 0 bridgehead atoms. The van der Waals surface area contributed by atoms with Crippen LogP contribution in [0.4, 0.5) is 5.69 Å². The quantitative estimate of drug-likeness (QED) is 0.859. The van der Waals surface area contributed by atoms with Gasteiger partial charge < -0.3 is 10.1 Å². The van der Waals surface area contributed by atoms with Crippen LogP contribution < -0.4 is 10.1 Å². The monoisotopic (exact) mass is 227 g/mol. The van der Waals surface area contributed by atoms with E-state index in [0.717, 1.165) is 6.42 Å². The zero-order valence-electron chi connectivity index (χ0n) is 8.84. The minimum atomic E-state index is 0.00174. The molecule has 3 nitrogen and oxygen atoms in total. The first kappa shape index (κ1) is 11.9. The number of nitrogens with one attached hydrogen (secondary N) is 1. The third kappa shape index (κ3) is 3.44. The number of carbonyl (C=O) groups is 1. The molecule has 0 fully saturated rings. The third-order valence-electron chi connectivity index (χ3n) is 1.91. The second-order valence-electron chi connectivity index (χ2n) is 3.15. The number of carbonyl (C=O) groups excluding carboxylic acids is 1. The van der Waals surface area contributed by atoms with Crippen molar-refractivity contribution in [3.63, 3.8) is 0 Å². The summed E-state index contributed by atoms with van der Waals surface area (Å²) < 4.78 is 5.04. The van der Waals surface area contributed by atoms with E-state index in [0.29, 0.717) is 22.9 Å². The molecule has 0 aliphatic rings. The number of halogens is 1. The molecule has 1 amide bonds. The van der Waals surface area contributed by atoms with Gasteiger partial charge in [-0.2, -0.15) is 0 Å². The molecule has 4 heteroatoms. The van der Waals surface area contributed by atoms with Crippen LogP contribution in [-0.4, -0.2) is 13.0 Å². The summed E-state index contributed by atoms with van der Waals surface area (Å²) in [5.74, 6) is 0.563. The number of amides is 1. The van der Waals surface area contributed by atoms with E-state index >= 15 is 0 Å². The van der Waals surface area contributed by atoms with Crippen molar-refractivity contribution in [2.75, 3.05) is 12.4 Å². The lowest BCUT2D eigenvalue weighted by Crippen LogP contribution is -2.10. The lowest BCUT2D eigenvalue weighted by molar-refractivity contribution is -0.116. The van der Waals surface area contributed by atoms with E-state index in [1.54, 1.807) is 25.3 Å². The minimum absolute atomic E-state index is 0.00174. The molecule has 1 N–H and O–H groups in total. The summed E-state index contributed by atoms with van der Waals surface area (Å²) in [5, 5.41) is 3.30. The first-order valence-electron chi connectivity index (χ1n) is 4.80. The fourth-order valence-corrected chi connectivity index (χ4v) is 1.38. The van der Waals surface area contributed by atoms with Crippen molar-refractivity contribution in [1.82, 2.24) is 0 Å². The molecule has 1 rings (SSSR count). The Kier molecular flexibility index (Phi) is 4.43. The number of anilines is 1. The van der Waals surface area contributed by atoms with E-state index in [1.165, 1.54) is 0 Å². The highest BCUT2D eigenvalue weighted by molar-refractivity contribution is 6.32. The maximum absolute atomic E-state index is 11.3. The third-order valence-corrected chi connectivity index (χ3v) is 2.22. The van der Waals surface area contributed by atoms with Crippen LogP contribution in [-0.2, 0) is 4.79 Å². The molecule has 0 saturated carbocycles. The van der Waals surface area contributed by atoms with Gasteiger partial charge in [-0.15, -0.1) is 0 Å². The van der Waals surface area contributed by atoms with Gasteiger partial charge in [0.2, 0.25) is 5.91 Å². The summed E-state index contributed by atoms with van der Waals surface area (Å²) in [7, 11) is 1.54. The van der Waals surface area contributed by atoms with Crippen LogP contribution in [0.2, 0.25) is 5.02 Å². The maximum Gasteiger partial charge on any atom is 0.224 e. The van der Waals surface area contributed by atoms with Crippen LogP contribution in [0, 0.1) is 0 Å². The van der Waals surface area contributed by atoms with Crippen molar-refractivity contribution in [1.29, 1.82) is 0 Å². The standard InChI is InChI=1S/C11H14ClNO2/c1-3-4-11(14)13-8-5-6-9(12)10(7-8)15-2/h5-7H,3-4H2,1-2H3,(H,13,14). The molecule has 0 radical (unpaired) electrons. The molecule has 15 heavy (non-hydrogen) atoms. The van der Waals surface area contributed by atoms with Gasteiger partial charge in [0.05, 0.1) is 12.1 Å². The molecule has 0 aromatic heterocycles. The lowest BCUT2D eigenvalue weighted by atomic mass is 10.2. The number of methoxy groups -OCH3 is 1. The van der Waals surface area contributed by atoms with Crippen LogP contribution in [0.25, 0.3) is 0 Å². The van der Waals surface area contributed by atoms with Crippen molar-refractivity contribution in [3.8, 4) is 5.75 Å². The van der Waals surface area contributed by atoms with Crippen molar-refractivity contribution < 1.29 is 9.53 Å². The molecule has 1 aromatic carbocycles. The summed E-state index contributed by atoms with van der Waals surface area (Å²) in [6.45, 7) is 1.96. The highest BCUT2D eigenvalue weighted by atomic mass is 35.5. The molecule has 0 unspecified atom stereocenters. The average Bonchev–Trinajstić information content (AvgIpc) is 2.21. The molecule has 82 valence electrons. The van der Waals surface area contributed by atoms with Gasteiger partial charge in [-0.1, -0.05) is 18.5 Å². The Hall–Kier alpha value is -1.22. The smallest absolute Gasteiger partial charge is 0.224 e. The highest BCUT2D eigenvalue weighted by Crippen LogP contribution is 2.27. The van der Waals surface area contributed by atoms with E-state index in [2.05, 4.69) is 5.32 Å². The SMILES string of the molecule is CCCC(=O)Nc1ccc(Cl)c(OC)c1. The number of hydrogen-bond donors (Lipinski definition) is 1. The second-order valence-corrected chi connectivity index (χ2v) is 3.55. The van der Waals surface area contributed by atoms with E-state index in [1.807, 2.05) is 6.92 Å². The van der Waals surface area contributed by atoms with Gasteiger partial charge >= 0.3 is 0 Å². The Morgan fingerprint density at radius 3 is 2.87 bits per heavy atom. The molecular weight excluding hydrogens is 214 g/mol. The predicted octanol–water partition coefficient (Wildman–Crippen LogP) is 3.09. The first-order chi connectivity index (χ1) is 7.17. The Morgan fingerprint density at radius 1 is 1.53 bits per heavy atom. The van der Waals surface area contributed by atoms with Gasteiger partial charge in [0.1, 0.15) is 5.75 Å². The average molecular weight is 228 g/mol. The fraction of sp³-hybridized carbons (Fsp3) is 0.364. The van der Waals surface area contributed by atoms with Crippen LogP contribution in [0.5, 0.6) is 5.75 Å². The molecule has 0 aliphatic carbocycles. The normalized spacial score (nSPS) is 9.80. The topological polar surface area (TPSA) is 38.3 Å². The molecule has 1 aromatic rings. The summed E-state index contributed by atoms with van der Waals surface area (Å²) in [5.41, 5.74) is 0.703. The van der Waals surface area contributed by atoms with Gasteiger partial charge in [-0.3, -0.25) is 4.79 Å². The van der Waals surface area contributed by atoms with Gasteiger partial charge in [-0.25, -0.2) is 0 Å². The summed E-state index contributed by atoms with van der Waals surface area (Å²) in [6.07, 6.45) is 1.35. The van der Waals surface area contributed by atoms with Gasteiger partial charge in [0.25, 0.3) is 0 Å². The van der Waals surface area contributed by atoms with E-state index < -0.39 is 0 Å². The number of rotatable bonds is 4. The van der Waals surface area contributed by atoms with Crippen LogP contribution >= 0.6 is 11.6 Å². The Balaban J connectivity index is 2.74. The molecule has 0 aliphatic heterocycles. The van der Waals surface area contributed by atoms with Crippen LogP contribution in [0.1, 0.15) is 19.8 Å². The zero-order valence-corrected chi connectivity index (χ0v) is 9.60. The molecule has 0 atom stereocenters. The lowest BCUT2D eigenvalue weighted by Gasteiger charge is -2.07. The van der Waals surface area contributed by atoms with Gasteiger partial charge in [0, 0.05) is 18.2 Å². The maximum atomic E-state index is 11.3. The minimum Gasteiger partial charge on any atom is -0.495 e. The second kappa shape index (κ2) is 5.61. The van der Waals surface area contributed by atoms with Crippen molar-refractivity contribution in [2.24, 2.45) is 0 Å². The molecule has 0 saturated heterocycles. The van der Waals surface area contributed by atoms with Crippen molar-refractivity contribution >= 4 is 23.2 Å². The molecule has 0 heterocycles. The largest absolute Gasteiger partial charge is 0.495 e. The summed E-state index contributed by atoms with van der Waals surface area (Å²) in [4.78, 5) is 11.3. The van der Waals surface area contributed by atoms with E-state index in [4.69, 9.17) is 16.3 Å². The fourth-order valence-electron chi connectivity index (χ4n) is 1.19. The Bertz CT molecular complexity index is 352. The van der Waals surface area contributed by atoms with Crippen molar-refractivity contribution in [2.45, 2.75) is 19.8 Å². The molecular formula is C11H14ClNO2. The number of hydrogen-bond acceptors (Lipinski definition) is 2. The number of ether oxygens (including phenoxy) is 1. The predicted molar refractivity (Wildman–Crippen MR) is 61.5 cm³/mol. The van der Waals surface area contributed by atoms with Crippen molar-refractivity contribution in [3.05, 3.63) is 23.2 Å².